The molecule has 0 atom stereocenters. The van der Waals surface area contributed by atoms with E-state index in [0.717, 1.165) is 0 Å². The van der Waals surface area contributed by atoms with Gasteiger partial charge in [0, 0.05) is 0 Å². The van der Waals surface area contributed by atoms with Gasteiger partial charge >= 0.3 is 0 Å². The Balaban J connectivity index is -0.0000000225. The Kier molecular flexibility index (Phi) is 14400. The summed E-state index contributed by atoms with van der Waals surface area (Å²) in [5.74, 6) is 0. The van der Waals surface area contributed by atoms with Gasteiger partial charge in [0.2, 0.25) is 0 Å². The highest BCUT2D eigenvalue weighted by atomic mass is 14.4. The fourth-order valence-corrected chi connectivity index (χ4v) is 0. The van der Waals surface area contributed by atoms with Gasteiger partial charge in [-0.25, -0.2) is 0 Å². The largest absolute Gasteiger partial charge is 0.333 e. The molecule has 0 heterocycles. The van der Waals surface area contributed by atoms with E-state index in [9.17, 15) is 0 Å². The zero-order valence-electron chi connectivity index (χ0n) is 4.73. The predicted molar refractivity (Wildman–Crippen MR) is 30.3 cm³/mol. The zero-order valence-corrected chi connectivity index (χ0v) is 4.73. The summed E-state index contributed by atoms with van der Waals surface area (Å²) in [7, 11) is 4.50. The first-order valence-electron chi connectivity index (χ1n) is 1.73. The number of hydrogen-bond donors (Lipinski definition) is 3. The fourth-order valence-electron chi connectivity index (χ4n) is 0. The molecule has 0 aromatic rings. The summed E-state index contributed by atoms with van der Waals surface area (Å²) in [6.07, 6.45) is 0. The van der Waals surface area contributed by atoms with Crippen LogP contribution in [0.15, 0.2) is 0 Å². The monoisotopic (exact) mass is 93.1 g/mol. The SMILES string of the molecule is CN.CN.CN. The molecule has 0 aliphatic carbocycles. The fraction of sp³-hybridized carbons (Fsp3) is 1.00. The van der Waals surface area contributed by atoms with E-state index >= 15 is 0 Å². The highest BCUT2D eigenvalue weighted by Gasteiger charge is 0.840. The van der Waals surface area contributed by atoms with Crippen molar-refractivity contribution < 1.29 is 0 Å². The third-order valence-corrected chi connectivity index (χ3v) is 0. The van der Waals surface area contributed by atoms with E-state index in [2.05, 4.69) is 17.2 Å². The van der Waals surface area contributed by atoms with Crippen LogP contribution < -0.4 is 17.2 Å². The Morgan fingerprint density at radius 2 is 0.500 bits per heavy atom. The molecule has 0 aromatic heterocycles. The first-order chi connectivity index (χ1) is 3.00. The third kappa shape index (κ3) is 2230. The summed E-state index contributed by atoms with van der Waals surface area (Å²) in [6, 6.07) is 0. The first-order valence-corrected chi connectivity index (χ1v) is 1.73. The van der Waals surface area contributed by atoms with Crippen molar-refractivity contribution in [2.24, 2.45) is 17.2 Å². The second kappa shape index (κ2) is 5100. The van der Waals surface area contributed by atoms with Gasteiger partial charge in [-0.15, -0.1) is 0 Å². The van der Waals surface area contributed by atoms with Crippen molar-refractivity contribution in [3.8, 4) is 0 Å². The molecule has 0 radical (unpaired) electrons. The molecule has 3 nitrogen and oxygen atoms in total. The van der Waals surface area contributed by atoms with Crippen molar-refractivity contribution >= 4 is 0 Å². The molecule has 0 aliphatic rings. The molecule has 0 rings (SSSR count). The van der Waals surface area contributed by atoms with Crippen LogP contribution in [-0.4, -0.2) is 21.1 Å². The molecule has 0 aliphatic heterocycles. The van der Waals surface area contributed by atoms with Crippen molar-refractivity contribution in [1.82, 2.24) is 0 Å². The molecule has 6 heavy (non-hydrogen) atoms. The Morgan fingerprint density at radius 1 is 0.500 bits per heavy atom. The number of rotatable bonds is 0. The molecule has 0 saturated heterocycles. The third-order valence-electron chi connectivity index (χ3n) is 0. The molecular formula is C3H15N3. The molecule has 0 bridgehead atoms. The van der Waals surface area contributed by atoms with E-state index in [1.807, 2.05) is 0 Å². The van der Waals surface area contributed by atoms with Crippen molar-refractivity contribution in [3.63, 3.8) is 0 Å². The molecule has 6 N–H and O–H groups in total. The van der Waals surface area contributed by atoms with Crippen LogP contribution in [0.2, 0.25) is 0 Å². The van der Waals surface area contributed by atoms with Crippen molar-refractivity contribution in [1.29, 1.82) is 0 Å². The lowest BCUT2D eigenvalue weighted by Gasteiger charge is -1.19. The molecule has 0 aromatic carbocycles. The van der Waals surface area contributed by atoms with Crippen molar-refractivity contribution in [3.05, 3.63) is 0 Å². The second-order valence-corrected chi connectivity index (χ2v) is 0. The van der Waals surface area contributed by atoms with Gasteiger partial charge in [-0.3, -0.25) is 0 Å². The zero-order chi connectivity index (χ0) is 6.00. The van der Waals surface area contributed by atoms with Crippen LogP contribution in [0.1, 0.15) is 0 Å². The smallest absolute Gasteiger partial charge is 0.0195 e. The Morgan fingerprint density at radius 3 is 0.500 bits per heavy atom. The minimum absolute atomic E-state index is 1.50. The van der Waals surface area contributed by atoms with Gasteiger partial charge in [0.25, 0.3) is 0 Å². The number of nitrogens with two attached hydrogens (primary N) is 3. The topological polar surface area (TPSA) is 78.1 Å². The van der Waals surface area contributed by atoms with Gasteiger partial charge in [0.1, 0.15) is 0 Å². The van der Waals surface area contributed by atoms with E-state index in [4.69, 9.17) is 0 Å². The van der Waals surface area contributed by atoms with E-state index in [1.165, 1.54) is 21.1 Å². The van der Waals surface area contributed by atoms with Gasteiger partial charge in [0.05, 0.1) is 0 Å². The minimum Gasteiger partial charge on any atom is -0.333 e. The van der Waals surface area contributed by atoms with Crippen molar-refractivity contribution in [2.45, 2.75) is 0 Å². The van der Waals surface area contributed by atoms with Gasteiger partial charge < -0.3 is 17.2 Å². The van der Waals surface area contributed by atoms with E-state index in [0.29, 0.717) is 0 Å². The molecule has 3 heteroatoms. The molecule has 42 valence electrons. The minimum atomic E-state index is 1.50. The maximum absolute atomic E-state index is 4.50. The maximum Gasteiger partial charge on any atom is -0.0195 e. The molecule has 0 saturated carbocycles. The van der Waals surface area contributed by atoms with E-state index in [-0.39, 0.29) is 0 Å². The standard InChI is InChI=1S/3CH5N/c3*1-2/h3*2H2,1H3. The highest BCUT2D eigenvalue weighted by Crippen LogP contribution is 0.473. The predicted octanol–water partition coefficient (Wildman–Crippen LogP) is -1.28. The Hall–Kier alpha value is -0.120. The number of hydrogen-bond acceptors (Lipinski definition) is 3. The summed E-state index contributed by atoms with van der Waals surface area (Å²) >= 11 is 0. The average Bonchev–Trinajstić information content (AvgIpc) is 1.81. The van der Waals surface area contributed by atoms with Gasteiger partial charge in [0.15, 0.2) is 0 Å². The first kappa shape index (κ1) is 16.9. The molecule has 0 unspecified atom stereocenters. The molecule has 0 fully saturated rings. The lowest BCUT2D eigenvalue weighted by Crippen LogP contribution is -1.69. The highest BCUT2D eigenvalue weighted by molar-refractivity contribution is 3.54. The lowest BCUT2D eigenvalue weighted by molar-refractivity contribution is 1.48. The summed E-state index contributed by atoms with van der Waals surface area (Å²) in [4.78, 5) is 0. The van der Waals surface area contributed by atoms with Gasteiger partial charge in [-0.2, -0.15) is 0 Å². The van der Waals surface area contributed by atoms with Crippen LogP contribution in [0.5, 0.6) is 0 Å². The van der Waals surface area contributed by atoms with Crippen LogP contribution in [0.25, 0.3) is 0 Å². The summed E-state index contributed by atoms with van der Waals surface area (Å²) < 4.78 is 0. The summed E-state index contributed by atoms with van der Waals surface area (Å²) in [6.45, 7) is 0. The normalized spacial score (nSPS) is 3.00. The quantitative estimate of drug-likeness (QED) is 0.349. The lowest BCUT2D eigenvalue weighted by atomic mass is 11.6. The van der Waals surface area contributed by atoms with Crippen LogP contribution in [0, 0.1) is 0 Å². The van der Waals surface area contributed by atoms with Crippen LogP contribution >= 0.6 is 0 Å². The summed E-state index contributed by atoms with van der Waals surface area (Å²) in [5, 5.41) is 0. The summed E-state index contributed by atoms with van der Waals surface area (Å²) in [5.41, 5.74) is 13.5. The second-order valence-electron chi connectivity index (χ2n) is 0. The molecule has 0 amide bonds. The van der Waals surface area contributed by atoms with Crippen LogP contribution in [0.3, 0.4) is 0 Å². The molecular weight excluding hydrogens is 78.1 g/mol. The van der Waals surface area contributed by atoms with Gasteiger partial charge in [-0.1, -0.05) is 0 Å². The average molecular weight is 93.2 g/mol. The Labute approximate surface area is 39.5 Å². The van der Waals surface area contributed by atoms with Gasteiger partial charge in [-0.05, 0) is 21.1 Å². The van der Waals surface area contributed by atoms with Crippen LogP contribution in [0.4, 0.5) is 0 Å². The maximum atomic E-state index is 4.50. The molecule has 0 spiro atoms. The van der Waals surface area contributed by atoms with Crippen molar-refractivity contribution in [2.75, 3.05) is 21.1 Å². The van der Waals surface area contributed by atoms with E-state index < -0.39 is 0 Å². The van der Waals surface area contributed by atoms with E-state index in [1.54, 1.807) is 0 Å². The van der Waals surface area contributed by atoms with Crippen LogP contribution in [-0.2, 0) is 0 Å². The Bertz CT molecular complexity index is 6.00.